The van der Waals surface area contributed by atoms with Crippen LogP contribution in [0.2, 0.25) is 0 Å². The van der Waals surface area contributed by atoms with Crippen LogP contribution in [0.25, 0.3) is 0 Å². The number of ether oxygens (including phenoxy) is 3. The quantitative estimate of drug-likeness (QED) is 0.458. The average molecular weight is 191 g/mol. The van der Waals surface area contributed by atoms with Crippen LogP contribution >= 0.6 is 0 Å². The summed E-state index contributed by atoms with van der Waals surface area (Å²) in [4.78, 5) is 0. The molecule has 0 aromatic heterocycles. The van der Waals surface area contributed by atoms with Gasteiger partial charge in [0, 0.05) is 34.3 Å². The fourth-order valence-electron chi connectivity index (χ4n) is 1.10. The first-order valence-electron chi connectivity index (χ1n) is 4.60. The molecule has 0 aliphatic heterocycles. The third kappa shape index (κ3) is 4.57. The number of hydrogen-bond donors (Lipinski definition) is 1. The minimum Gasteiger partial charge on any atom is -0.331 e. The van der Waals surface area contributed by atoms with Crippen molar-refractivity contribution < 1.29 is 14.2 Å². The van der Waals surface area contributed by atoms with Gasteiger partial charge in [0.25, 0.3) is 5.97 Å². The van der Waals surface area contributed by atoms with Crippen LogP contribution in [0.1, 0.15) is 19.8 Å². The highest BCUT2D eigenvalue weighted by molar-refractivity contribution is 4.58. The van der Waals surface area contributed by atoms with Crippen molar-refractivity contribution in [3.63, 3.8) is 0 Å². The SMILES string of the molecule is CCCNCCC(OC)(OC)OC. The summed E-state index contributed by atoms with van der Waals surface area (Å²) in [5.74, 6) is -0.888. The molecule has 0 spiro atoms. The van der Waals surface area contributed by atoms with E-state index in [0.717, 1.165) is 19.5 Å². The summed E-state index contributed by atoms with van der Waals surface area (Å²) in [6.07, 6.45) is 1.80. The first-order chi connectivity index (χ1) is 6.24. The second-order valence-electron chi connectivity index (χ2n) is 2.80. The van der Waals surface area contributed by atoms with Gasteiger partial charge >= 0.3 is 0 Å². The van der Waals surface area contributed by atoms with E-state index in [2.05, 4.69) is 12.2 Å². The van der Waals surface area contributed by atoms with E-state index >= 15 is 0 Å². The Labute approximate surface area is 80.5 Å². The van der Waals surface area contributed by atoms with E-state index in [1.165, 1.54) is 0 Å². The molecule has 0 aliphatic rings. The lowest BCUT2D eigenvalue weighted by molar-refractivity contribution is -0.354. The zero-order valence-corrected chi connectivity index (χ0v) is 9.05. The van der Waals surface area contributed by atoms with Crippen molar-refractivity contribution in [2.75, 3.05) is 34.4 Å². The van der Waals surface area contributed by atoms with Gasteiger partial charge in [-0.15, -0.1) is 0 Å². The van der Waals surface area contributed by atoms with E-state index in [4.69, 9.17) is 14.2 Å². The number of rotatable bonds is 8. The molecule has 80 valence electrons. The van der Waals surface area contributed by atoms with Crippen LogP contribution in [0.4, 0.5) is 0 Å². The van der Waals surface area contributed by atoms with Gasteiger partial charge in [-0.2, -0.15) is 0 Å². The van der Waals surface area contributed by atoms with Crippen molar-refractivity contribution in [1.29, 1.82) is 0 Å². The Kier molecular flexibility index (Phi) is 7.17. The lowest BCUT2D eigenvalue weighted by Crippen LogP contribution is -2.39. The Balaban J connectivity index is 3.68. The molecule has 0 amide bonds. The Morgan fingerprint density at radius 2 is 1.54 bits per heavy atom. The van der Waals surface area contributed by atoms with E-state index in [0.29, 0.717) is 6.42 Å². The second-order valence-corrected chi connectivity index (χ2v) is 2.80. The maximum absolute atomic E-state index is 5.13. The molecule has 13 heavy (non-hydrogen) atoms. The number of methoxy groups -OCH3 is 3. The summed E-state index contributed by atoms with van der Waals surface area (Å²) in [5, 5.41) is 3.25. The Morgan fingerprint density at radius 3 is 1.92 bits per heavy atom. The van der Waals surface area contributed by atoms with E-state index in [9.17, 15) is 0 Å². The van der Waals surface area contributed by atoms with Crippen LogP contribution in [-0.2, 0) is 14.2 Å². The van der Waals surface area contributed by atoms with E-state index in [1.807, 2.05) is 0 Å². The molecule has 0 bridgehead atoms. The Bertz CT molecular complexity index is 107. The zero-order chi connectivity index (χ0) is 10.2. The van der Waals surface area contributed by atoms with E-state index in [-0.39, 0.29) is 0 Å². The second kappa shape index (κ2) is 7.26. The minimum absolute atomic E-state index is 0.677. The van der Waals surface area contributed by atoms with Crippen LogP contribution in [-0.4, -0.2) is 40.4 Å². The highest BCUT2D eigenvalue weighted by atomic mass is 16.9. The molecule has 0 unspecified atom stereocenters. The smallest absolute Gasteiger partial charge is 0.283 e. The summed E-state index contributed by atoms with van der Waals surface area (Å²) in [5.41, 5.74) is 0. The summed E-state index contributed by atoms with van der Waals surface area (Å²) >= 11 is 0. The molecule has 0 saturated heterocycles. The number of nitrogens with one attached hydrogen (secondary N) is 1. The summed E-state index contributed by atoms with van der Waals surface area (Å²) < 4.78 is 15.4. The molecule has 0 saturated carbocycles. The van der Waals surface area contributed by atoms with Crippen molar-refractivity contribution in [2.24, 2.45) is 0 Å². The van der Waals surface area contributed by atoms with Crippen LogP contribution < -0.4 is 5.32 Å². The molecule has 0 aromatic rings. The van der Waals surface area contributed by atoms with Gasteiger partial charge in [0.1, 0.15) is 0 Å². The molecule has 1 N–H and O–H groups in total. The molecule has 0 atom stereocenters. The van der Waals surface area contributed by atoms with Gasteiger partial charge in [0.2, 0.25) is 0 Å². The standard InChI is InChI=1S/C9H21NO3/c1-5-7-10-8-6-9(11-2,12-3)13-4/h10H,5-8H2,1-4H3. The average Bonchev–Trinajstić information content (AvgIpc) is 2.20. The predicted octanol–water partition coefficient (Wildman–Crippen LogP) is 0.969. The van der Waals surface area contributed by atoms with Gasteiger partial charge in [0.05, 0.1) is 0 Å². The Hall–Kier alpha value is -0.160. The predicted molar refractivity (Wildman–Crippen MR) is 51.5 cm³/mol. The maximum atomic E-state index is 5.13. The third-order valence-corrected chi connectivity index (χ3v) is 1.97. The fourth-order valence-corrected chi connectivity index (χ4v) is 1.10. The summed E-state index contributed by atoms with van der Waals surface area (Å²) in [7, 11) is 4.73. The van der Waals surface area contributed by atoms with Gasteiger partial charge in [-0.3, -0.25) is 0 Å². The van der Waals surface area contributed by atoms with Gasteiger partial charge < -0.3 is 19.5 Å². The molecule has 0 heterocycles. The fraction of sp³-hybridized carbons (Fsp3) is 1.00. The monoisotopic (exact) mass is 191 g/mol. The van der Waals surface area contributed by atoms with Crippen molar-refractivity contribution in [1.82, 2.24) is 5.32 Å². The van der Waals surface area contributed by atoms with Gasteiger partial charge in [-0.05, 0) is 13.0 Å². The van der Waals surface area contributed by atoms with Crippen molar-refractivity contribution >= 4 is 0 Å². The molecule has 0 fully saturated rings. The first kappa shape index (κ1) is 12.8. The summed E-state index contributed by atoms with van der Waals surface area (Å²) in [6.45, 7) is 3.96. The lowest BCUT2D eigenvalue weighted by atomic mass is 10.3. The first-order valence-corrected chi connectivity index (χ1v) is 4.60. The molecular formula is C9H21NO3. The van der Waals surface area contributed by atoms with E-state index < -0.39 is 5.97 Å². The van der Waals surface area contributed by atoms with Crippen molar-refractivity contribution in [3.8, 4) is 0 Å². The molecular weight excluding hydrogens is 170 g/mol. The topological polar surface area (TPSA) is 39.7 Å². The zero-order valence-electron chi connectivity index (χ0n) is 9.05. The normalized spacial score (nSPS) is 12.0. The molecule has 0 aliphatic carbocycles. The highest BCUT2D eigenvalue weighted by Gasteiger charge is 2.28. The number of hydrogen-bond acceptors (Lipinski definition) is 4. The van der Waals surface area contributed by atoms with Crippen LogP contribution in [0.15, 0.2) is 0 Å². The molecule has 0 aromatic carbocycles. The molecule has 4 heteroatoms. The van der Waals surface area contributed by atoms with Crippen LogP contribution in [0, 0.1) is 0 Å². The van der Waals surface area contributed by atoms with Crippen LogP contribution in [0.5, 0.6) is 0 Å². The highest BCUT2D eigenvalue weighted by Crippen LogP contribution is 2.15. The maximum Gasteiger partial charge on any atom is 0.283 e. The lowest BCUT2D eigenvalue weighted by Gasteiger charge is -2.28. The molecule has 0 radical (unpaired) electrons. The van der Waals surface area contributed by atoms with Crippen LogP contribution in [0.3, 0.4) is 0 Å². The van der Waals surface area contributed by atoms with Crippen molar-refractivity contribution in [2.45, 2.75) is 25.7 Å². The Morgan fingerprint density at radius 1 is 1.00 bits per heavy atom. The largest absolute Gasteiger partial charge is 0.331 e. The third-order valence-electron chi connectivity index (χ3n) is 1.97. The summed E-state index contributed by atoms with van der Waals surface area (Å²) in [6, 6.07) is 0. The molecule has 0 rings (SSSR count). The van der Waals surface area contributed by atoms with Crippen molar-refractivity contribution in [3.05, 3.63) is 0 Å². The minimum atomic E-state index is -0.888. The molecule has 4 nitrogen and oxygen atoms in total. The van der Waals surface area contributed by atoms with Gasteiger partial charge in [0.15, 0.2) is 0 Å². The van der Waals surface area contributed by atoms with Gasteiger partial charge in [-0.1, -0.05) is 6.92 Å². The van der Waals surface area contributed by atoms with E-state index in [1.54, 1.807) is 21.3 Å². The van der Waals surface area contributed by atoms with Gasteiger partial charge in [-0.25, -0.2) is 0 Å².